The molecule has 0 fully saturated rings. The van der Waals surface area contributed by atoms with Gasteiger partial charge in [0, 0.05) is 22.8 Å². The third kappa shape index (κ3) is 8.61. The Morgan fingerprint density at radius 2 is 1.81 bits per heavy atom. The maximum absolute atomic E-state index is 12.0. The summed E-state index contributed by atoms with van der Waals surface area (Å²) in [5.74, 6) is 1.31. The van der Waals surface area contributed by atoms with Crippen LogP contribution in [0.3, 0.4) is 0 Å². The number of carbonyl (C=O) groups excluding carboxylic acids is 1. The highest BCUT2D eigenvalue weighted by molar-refractivity contribution is 14.0. The number of halogens is 1. The average Bonchev–Trinajstić information content (AvgIpc) is 3.08. The molecule has 0 bridgehead atoms. The molecule has 2 rings (SSSR count). The van der Waals surface area contributed by atoms with Crippen LogP contribution in [0, 0.1) is 6.92 Å². The molecule has 0 aliphatic rings. The predicted molar refractivity (Wildman–Crippen MR) is 122 cm³/mol. The van der Waals surface area contributed by atoms with Gasteiger partial charge in [0.05, 0.1) is 13.7 Å². The van der Waals surface area contributed by atoms with Crippen LogP contribution in [-0.2, 0) is 17.9 Å². The third-order valence-corrected chi connectivity index (χ3v) is 4.60. The Kier molecular flexibility index (Phi) is 10.8. The largest absolute Gasteiger partial charge is 0.497 e. The van der Waals surface area contributed by atoms with Gasteiger partial charge in [0.2, 0.25) is 5.91 Å². The monoisotopic (exact) mass is 502 g/mol. The zero-order valence-electron chi connectivity index (χ0n) is 15.9. The molecule has 0 saturated carbocycles. The van der Waals surface area contributed by atoms with Gasteiger partial charge in [-0.1, -0.05) is 12.1 Å². The molecule has 8 heteroatoms. The average molecular weight is 502 g/mol. The van der Waals surface area contributed by atoms with E-state index in [2.05, 4.69) is 40.0 Å². The maximum atomic E-state index is 12.0. The first-order valence-electron chi connectivity index (χ1n) is 8.58. The van der Waals surface area contributed by atoms with Gasteiger partial charge in [-0.25, -0.2) is 4.99 Å². The SMILES string of the molecule is CCNC(=NCC(=O)NCc1ccc(OC)cc1)NCc1ccc(C)s1.I. The van der Waals surface area contributed by atoms with Crippen molar-refractivity contribution in [3.63, 3.8) is 0 Å². The second kappa shape index (κ2) is 12.6. The van der Waals surface area contributed by atoms with Crippen LogP contribution in [-0.4, -0.2) is 32.1 Å². The van der Waals surface area contributed by atoms with Crippen LogP contribution in [0.1, 0.15) is 22.2 Å². The molecule has 0 saturated heterocycles. The van der Waals surface area contributed by atoms with Crippen molar-refractivity contribution in [3.05, 3.63) is 51.7 Å². The van der Waals surface area contributed by atoms with Crippen molar-refractivity contribution in [2.45, 2.75) is 26.9 Å². The number of carbonyl (C=O) groups is 1. The topological polar surface area (TPSA) is 74.8 Å². The Bertz CT molecular complexity index is 732. The van der Waals surface area contributed by atoms with E-state index < -0.39 is 0 Å². The van der Waals surface area contributed by atoms with E-state index in [1.807, 2.05) is 31.2 Å². The van der Waals surface area contributed by atoms with E-state index in [1.54, 1.807) is 18.4 Å². The third-order valence-electron chi connectivity index (χ3n) is 3.60. The minimum Gasteiger partial charge on any atom is -0.497 e. The smallest absolute Gasteiger partial charge is 0.242 e. The highest BCUT2D eigenvalue weighted by atomic mass is 127. The number of guanidine groups is 1. The molecule has 0 aliphatic carbocycles. The summed E-state index contributed by atoms with van der Waals surface area (Å²) in [5, 5.41) is 9.27. The lowest BCUT2D eigenvalue weighted by Crippen LogP contribution is -2.38. The molecule has 1 aromatic carbocycles. The molecule has 0 spiro atoms. The van der Waals surface area contributed by atoms with E-state index in [0.29, 0.717) is 19.0 Å². The highest BCUT2D eigenvalue weighted by Crippen LogP contribution is 2.14. The second-order valence-corrected chi connectivity index (χ2v) is 7.06. The van der Waals surface area contributed by atoms with E-state index in [0.717, 1.165) is 17.9 Å². The van der Waals surface area contributed by atoms with Gasteiger partial charge in [-0.15, -0.1) is 35.3 Å². The van der Waals surface area contributed by atoms with Crippen molar-refractivity contribution in [3.8, 4) is 5.75 Å². The Hall–Kier alpha value is -1.81. The van der Waals surface area contributed by atoms with Crippen molar-refractivity contribution >= 4 is 47.2 Å². The van der Waals surface area contributed by atoms with Gasteiger partial charge in [0.1, 0.15) is 12.3 Å². The lowest BCUT2D eigenvalue weighted by Gasteiger charge is -2.10. The quantitative estimate of drug-likeness (QED) is 0.295. The van der Waals surface area contributed by atoms with Gasteiger partial charge in [-0.2, -0.15) is 0 Å². The first-order valence-corrected chi connectivity index (χ1v) is 9.39. The van der Waals surface area contributed by atoms with Crippen molar-refractivity contribution in [1.29, 1.82) is 0 Å². The summed E-state index contributed by atoms with van der Waals surface area (Å²) in [6.07, 6.45) is 0. The molecule has 0 aliphatic heterocycles. The fraction of sp³-hybridized carbons (Fsp3) is 0.368. The van der Waals surface area contributed by atoms with Crippen molar-refractivity contribution in [2.75, 3.05) is 20.2 Å². The molecule has 2 aromatic rings. The number of methoxy groups -OCH3 is 1. The number of hydrogen-bond acceptors (Lipinski definition) is 4. The van der Waals surface area contributed by atoms with Crippen molar-refractivity contribution in [2.24, 2.45) is 4.99 Å². The van der Waals surface area contributed by atoms with Crippen LogP contribution < -0.4 is 20.7 Å². The predicted octanol–water partition coefficient (Wildman–Crippen LogP) is 3.05. The van der Waals surface area contributed by atoms with Crippen LogP contribution in [0.5, 0.6) is 5.75 Å². The van der Waals surface area contributed by atoms with Gasteiger partial charge in [-0.05, 0) is 43.7 Å². The van der Waals surface area contributed by atoms with E-state index in [-0.39, 0.29) is 36.4 Å². The van der Waals surface area contributed by atoms with Crippen LogP contribution in [0.2, 0.25) is 0 Å². The Morgan fingerprint density at radius 3 is 2.41 bits per heavy atom. The summed E-state index contributed by atoms with van der Waals surface area (Å²) < 4.78 is 5.12. The molecular weight excluding hydrogens is 475 g/mol. The molecule has 1 aromatic heterocycles. The number of amides is 1. The number of ether oxygens (including phenoxy) is 1. The summed E-state index contributed by atoms with van der Waals surface area (Å²) in [4.78, 5) is 18.9. The summed E-state index contributed by atoms with van der Waals surface area (Å²) in [5.41, 5.74) is 1.02. The molecule has 6 nitrogen and oxygen atoms in total. The zero-order valence-corrected chi connectivity index (χ0v) is 19.0. The number of thiophene rings is 1. The molecule has 0 atom stereocenters. The van der Waals surface area contributed by atoms with Crippen molar-refractivity contribution in [1.82, 2.24) is 16.0 Å². The van der Waals surface area contributed by atoms with Gasteiger partial charge >= 0.3 is 0 Å². The Labute approximate surface area is 181 Å². The normalized spacial score (nSPS) is 10.7. The molecule has 3 N–H and O–H groups in total. The van der Waals surface area contributed by atoms with E-state index >= 15 is 0 Å². The molecule has 148 valence electrons. The first kappa shape index (κ1) is 23.2. The van der Waals surface area contributed by atoms with Gasteiger partial charge in [0.25, 0.3) is 0 Å². The summed E-state index contributed by atoms with van der Waals surface area (Å²) >= 11 is 1.75. The number of nitrogens with zero attached hydrogens (tertiary/aromatic N) is 1. The molecule has 1 heterocycles. The Balaban J connectivity index is 0.00000364. The number of aliphatic imine (C=N–C) groups is 1. The lowest BCUT2D eigenvalue weighted by molar-refractivity contribution is -0.119. The van der Waals surface area contributed by atoms with E-state index in [4.69, 9.17) is 4.74 Å². The Morgan fingerprint density at radius 1 is 1.07 bits per heavy atom. The van der Waals surface area contributed by atoms with Gasteiger partial charge in [0.15, 0.2) is 5.96 Å². The highest BCUT2D eigenvalue weighted by Gasteiger charge is 2.04. The van der Waals surface area contributed by atoms with E-state index in [1.165, 1.54) is 9.75 Å². The van der Waals surface area contributed by atoms with Gasteiger partial charge in [-0.3, -0.25) is 4.79 Å². The fourth-order valence-electron chi connectivity index (χ4n) is 2.24. The first-order chi connectivity index (χ1) is 12.6. The molecular formula is C19H27IN4O2S. The second-order valence-electron chi connectivity index (χ2n) is 5.69. The van der Waals surface area contributed by atoms with Crippen LogP contribution >= 0.6 is 35.3 Å². The van der Waals surface area contributed by atoms with Crippen LogP contribution in [0.15, 0.2) is 41.4 Å². The van der Waals surface area contributed by atoms with Crippen LogP contribution in [0.4, 0.5) is 0 Å². The maximum Gasteiger partial charge on any atom is 0.242 e. The minimum atomic E-state index is -0.120. The standard InChI is InChI=1S/C19H26N4O2S.HI/c1-4-20-19(22-12-17-10-5-14(2)26-17)23-13-18(24)21-11-15-6-8-16(25-3)9-7-15;/h5-10H,4,11-13H2,1-3H3,(H,21,24)(H2,20,22,23);1H. The molecule has 0 unspecified atom stereocenters. The van der Waals surface area contributed by atoms with E-state index in [9.17, 15) is 4.79 Å². The summed E-state index contributed by atoms with van der Waals surface area (Å²) in [6, 6.07) is 11.8. The molecule has 27 heavy (non-hydrogen) atoms. The fourth-order valence-corrected chi connectivity index (χ4v) is 3.07. The number of rotatable bonds is 8. The number of benzene rings is 1. The lowest BCUT2D eigenvalue weighted by atomic mass is 10.2. The van der Waals surface area contributed by atoms with Crippen molar-refractivity contribution < 1.29 is 9.53 Å². The zero-order chi connectivity index (χ0) is 18.8. The number of hydrogen-bond donors (Lipinski definition) is 3. The molecule has 0 radical (unpaired) electrons. The van der Waals surface area contributed by atoms with Crippen LogP contribution in [0.25, 0.3) is 0 Å². The number of aryl methyl sites for hydroxylation is 1. The van der Waals surface area contributed by atoms with Gasteiger partial charge < -0.3 is 20.7 Å². The summed E-state index contributed by atoms with van der Waals surface area (Å²) in [7, 11) is 1.63. The minimum absolute atomic E-state index is 0. The summed E-state index contributed by atoms with van der Waals surface area (Å²) in [6.45, 7) is 6.06. The molecule has 1 amide bonds. The number of nitrogens with one attached hydrogen (secondary N) is 3.